The lowest BCUT2D eigenvalue weighted by molar-refractivity contribution is 0.102. The van der Waals surface area contributed by atoms with E-state index in [1.165, 1.54) is 4.68 Å². The number of nitrogens with zero attached hydrogens (tertiary/aromatic N) is 4. The number of methoxy groups -OCH3 is 1. The minimum atomic E-state index is -0.422. The molecular formula is C23H24N6O3. The molecule has 0 unspecified atom stereocenters. The molecule has 0 radical (unpaired) electrons. The first-order valence-electron chi connectivity index (χ1n) is 10.0. The number of anilines is 2. The summed E-state index contributed by atoms with van der Waals surface area (Å²) in [5.74, 6) is 1.59. The third-order valence-corrected chi connectivity index (χ3v) is 5.00. The van der Waals surface area contributed by atoms with Crippen molar-refractivity contribution in [3.05, 3.63) is 70.7 Å². The van der Waals surface area contributed by atoms with Crippen molar-refractivity contribution in [2.24, 2.45) is 0 Å². The molecule has 4 rings (SSSR count). The van der Waals surface area contributed by atoms with E-state index in [1.807, 2.05) is 63.2 Å². The first-order valence-corrected chi connectivity index (χ1v) is 10.0. The van der Waals surface area contributed by atoms with E-state index in [1.54, 1.807) is 7.11 Å². The molecule has 0 saturated heterocycles. The van der Waals surface area contributed by atoms with E-state index in [-0.39, 0.29) is 18.1 Å². The molecule has 0 spiro atoms. The molecule has 0 bridgehead atoms. The van der Waals surface area contributed by atoms with Crippen molar-refractivity contribution in [1.29, 1.82) is 0 Å². The van der Waals surface area contributed by atoms with Gasteiger partial charge in [0.1, 0.15) is 17.2 Å². The first kappa shape index (κ1) is 21.1. The Balaban J connectivity index is 1.52. The van der Waals surface area contributed by atoms with Crippen LogP contribution in [0.15, 0.2) is 46.9 Å². The van der Waals surface area contributed by atoms with E-state index in [2.05, 4.69) is 20.6 Å². The SMILES string of the molecule is COc1ccc(-c2nc(Cn3nnc(C(=O)Nc4cc(C)cc(C)c4)c3N)c(C)o2)cc1. The molecule has 0 aliphatic heterocycles. The lowest BCUT2D eigenvalue weighted by Crippen LogP contribution is -2.15. The summed E-state index contributed by atoms with van der Waals surface area (Å²) in [4.78, 5) is 17.2. The predicted molar refractivity (Wildman–Crippen MR) is 121 cm³/mol. The number of hydrogen-bond acceptors (Lipinski definition) is 7. The molecule has 0 atom stereocenters. The maximum Gasteiger partial charge on any atom is 0.280 e. The third kappa shape index (κ3) is 4.31. The number of carbonyl (C=O) groups is 1. The van der Waals surface area contributed by atoms with Crippen molar-refractivity contribution in [3.8, 4) is 17.2 Å². The van der Waals surface area contributed by atoms with Crippen LogP contribution in [0.5, 0.6) is 5.75 Å². The van der Waals surface area contributed by atoms with Gasteiger partial charge >= 0.3 is 0 Å². The number of oxazole rings is 1. The highest BCUT2D eigenvalue weighted by atomic mass is 16.5. The number of benzene rings is 2. The van der Waals surface area contributed by atoms with Crippen molar-refractivity contribution in [2.75, 3.05) is 18.2 Å². The minimum absolute atomic E-state index is 0.0562. The zero-order valence-electron chi connectivity index (χ0n) is 18.3. The van der Waals surface area contributed by atoms with Gasteiger partial charge in [0.05, 0.1) is 13.7 Å². The Bertz CT molecular complexity index is 1250. The van der Waals surface area contributed by atoms with Crippen LogP contribution in [0.4, 0.5) is 11.5 Å². The summed E-state index contributed by atoms with van der Waals surface area (Å²) < 4.78 is 12.4. The number of amides is 1. The lowest BCUT2D eigenvalue weighted by atomic mass is 10.1. The summed E-state index contributed by atoms with van der Waals surface area (Å²) in [7, 11) is 1.61. The van der Waals surface area contributed by atoms with E-state index in [4.69, 9.17) is 14.9 Å². The second-order valence-electron chi connectivity index (χ2n) is 7.56. The lowest BCUT2D eigenvalue weighted by Gasteiger charge is -2.06. The van der Waals surface area contributed by atoms with Gasteiger partial charge in [-0.2, -0.15) is 0 Å². The van der Waals surface area contributed by atoms with Crippen molar-refractivity contribution in [3.63, 3.8) is 0 Å². The van der Waals surface area contributed by atoms with E-state index >= 15 is 0 Å². The number of rotatable bonds is 6. The molecule has 0 aliphatic carbocycles. The molecule has 0 saturated carbocycles. The number of carbonyl (C=O) groups excluding carboxylic acids is 1. The molecule has 0 fully saturated rings. The van der Waals surface area contributed by atoms with Crippen LogP contribution in [-0.2, 0) is 6.54 Å². The van der Waals surface area contributed by atoms with E-state index in [9.17, 15) is 4.79 Å². The van der Waals surface area contributed by atoms with Gasteiger partial charge in [0, 0.05) is 11.3 Å². The summed E-state index contributed by atoms with van der Waals surface area (Å²) in [6.45, 7) is 5.97. The number of ether oxygens (including phenoxy) is 1. The normalized spacial score (nSPS) is 10.9. The van der Waals surface area contributed by atoms with Gasteiger partial charge in [0.2, 0.25) is 5.89 Å². The molecule has 9 nitrogen and oxygen atoms in total. The minimum Gasteiger partial charge on any atom is -0.497 e. The highest BCUT2D eigenvalue weighted by Crippen LogP contribution is 2.25. The van der Waals surface area contributed by atoms with E-state index < -0.39 is 5.91 Å². The summed E-state index contributed by atoms with van der Waals surface area (Å²) >= 11 is 0. The number of nitrogens with one attached hydrogen (secondary N) is 1. The summed E-state index contributed by atoms with van der Waals surface area (Å²) in [5, 5.41) is 10.8. The van der Waals surface area contributed by atoms with Crippen LogP contribution >= 0.6 is 0 Å². The quantitative estimate of drug-likeness (QED) is 0.476. The second kappa shape index (κ2) is 8.54. The van der Waals surface area contributed by atoms with Crippen molar-refractivity contribution in [2.45, 2.75) is 27.3 Å². The molecule has 0 aliphatic rings. The molecule has 9 heteroatoms. The Morgan fingerprint density at radius 3 is 2.47 bits per heavy atom. The Morgan fingerprint density at radius 1 is 1.12 bits per heavy atom. The third-order valence-electron chi connectivity index (χ3n) is 5.00. The van der Waals surface area contributed by atoms with Crippen molar-refractivity contribution in [1.82, 2.24) is 20.0 Å². The van der Waals surface area contributed by atoms with Gasteiger partial charge in [-0.05, 0) is 68.3 Å². The summed E-state index contributed by atoms with van der Waals surface area (Å²) in [5.41, 5.74) is 10.5. The molecule has 3 N–H and O–H groups in total. The molecule has 2 heterocycles. The Morgan fingerprint density at radius 2 is 1.81 bits per heavy atom. The van der Waals surface area contributed by atoms with Gasteiger partial charge in [0.25, 0.3) is 5.91 Å². The number of hydrogen-bond donors (Lipinski definition) is 2. The molecule has 2 aromatic carbocycles. The zero-order valence-corrected chi connectivity index (χ0v) is 18.3. The molecule has 32 heavy (non-hydrogen) atoms. The van der Waals surface area contributed by atoms with Crippen LogP contribution < -0.4 is 15.8 Å². The fourth-order valence-electron chi connectivity index (χ4n) is 3.41. The molecule has 4 aromatic rings. The molecule has 1 amide bonds. The van der Waals surface area contributed by atoms with Crippen LogP contribution in [-0.4, -0.2) is 33.0 Å². The number of aromatic nitrogens is 4. The summed E-state index contributed by atoms with van der Waals surface area (Å²) in [6.07, 6.45) is 0. The van der Waals surface area contributed by atoms with Gasteiger partial charge in [-0.1, -0.05) is 11.3 Å². The number of nitrogen functional groups attached to an aromatic ring is 1. The summed E-state index contributed by atoms with van der Waals surface area (Å²) in [6, 6.07) is 13.2. The highest BCUT2D eigenvalue weighted by molar-refractivity contribution is 6.05. The maximum absolute atomic E-state index is 12.7. The van der Waals surface area contributed by atoms with Crippen LogP contribution in [0, 0.1) is 20.8 Å². The monoisotopic (exact) mass is 432 g/mol. The standard InChI is InChI=1S/C23H24N6O3/c1-13-9-14(2)11-17(10-13)25-22(30)20-21(24)29(28-27-20)12-19-15(3)32-23(26-19)16-5-7-18(31-4)8-6-16/h5-11H,12,24H2,1-4H3,(H,25,30). The second-order valence-corrected chi connectivity index (χ2v) is 7.56. The number of aryl methyl sites for hydroxylation is 3. The van der Waals surface area contributed by atoms with Crippen LogP contribution in [0.1, 0.15) is 33.1 Å². The van der Waals surface area contributed by atoms with Gasteiger partial charge < -0.3 is 20.2 Å². The van der Waals surface area contributed by atoms with Crippen LogP contribution in [0.2, 0.25) is 0 Å². The Hall–Kier alpha value is -4.14. The van der Waals surface area contributed by atoms with Crippen molar-refractivity contribution < 1.29 is 13.9 Å². The van der Waals surface area contributed by atoms with Gasteiger partial charge in [-0.3, -0.25) is 4.79 Å². The molecular weight excluding hydrogens is 408 g/mol. The van der Waals surface area contributed by atoms with E-state index in [0.717, 1.165) is 22.4 Å². The molecule has 2 aromatic heterocycles. The molecule has 164 valence electrons. The largest absolute Gasteiger partial charge is 0.497 e. The maximum atomic E-state index is 12.7. The predicted octanol–water partition coefficient (Wildman–Crippen LogP) is 3.75. The fraction of sp³-hybridized carbons (Fsp3) is 0.217. The van der Waals surface area contributed by atoms with E-state index in [0.29, 0.717) is 23.0 Å². The fourth-order valence-corrected chi connectivity index (χ4v) is 3.41. The number of nitrogens with two attached hydrogens (primary N) is 1. The Labute approximate surface area is 185 Å². The van der Waals surface area contributed by atoms with Gasteiger partial charge in [-0.25, -0.2) is 9.67 Å². The average Bonchev–Trinajstić information content (AvgIpc) is 3.30. The van der Waals surface area contributed by atoms with Gasteiger partial charge in [-0.15, -0.1) is 5.10 Å². The Kier molecular flexibility index (Phi) is 5.63. The highest BCUT2D eigenvalue weighted by Gasteiger charge is 2.20. The van der Waals surface area contributed by atoms with Crippen LogP contribution in [0.3, 0.4) is 0 Å². The smallest absolute Gasteiger partial charge is 0.280 e. The van der Waals surface area contributed by atoms with Crippen molar-refractivity contribution >= 4 is 17.4 Å². The zero-order chi connectivity index (χ0) is 22.8. The average molecular weight is 432 g/mol. The first-order chi connectivity index (χ1) is 15.3. The van der Waals surface area contributed by atoms with Crippen LogP contribution in [0.25, 0.3) is 11.5 Å². The van der Waals surface area contributed by atoms with Gasteiger partial charge in [0.15, 0.2) is 11.5 Å². The topological polar surface area (TPSA) is 121 Å².